The van der Waals surface area contributed by atoms with Gasteiger partial charge in [0.05, 0.1) is 11.4 Å². The van der Waals surface area contributed by atoms with E-state index in [4.69, 9.17) is 5.73 Å². The zero-order chi connectivity index (χ0) is 12.3. The first-order valence-electron chi connectivity index (χ1n) is 5.73. The van der Waals surface area contributed by atoms with Gasteiger partial charge >= 0.3 is 0 Å². The van der Waals surface area contributed by atoms with E-state index in [9.17, 15) is 4.79 Å². The second-order valence-corrected chi connectivity index (χ2v) is 5.47. The number of hydrogen-bond acceptors (Lipinski definition) is 3. The normalized spacial score (nSPS) is 14.4. The number of rotatable bonds is 5. The summed E-state index contributed by atoms with van der Waals surface area (Å²) in [6.07, 6.45) is 2.09. The van der Waals surface area contributed by atoms with E-state index in [0.717, 1.165) is 27.8 Å². The zero-order valence-electron chi connectivity index (χ0n) is 9.50. The summed E-state index contributed by atoms with van der Waals surface area (Å²) < 4.78 is 1.12. The van der Waals surface area contributed by atoms with Crippen molar-refractivity contribution in [3.63, 3.8) is 0 Å². The summed E-state index contributed by atoms with van der Waals surface area (Å²) in [5.41, 5.74) is 7.53. The van der Waals surface area contributed by atoms with Gasteiger partial charge in [-0.05, 0) is 53.6 Å². The maximum atomic E-state index is 11.4. The van der Waals surface area contributed by atoms with Gasteiger partial charge in [-0.1, -0.05) is 0 Å². The highest BCUT2D eigenvalue weighted by atomic mass is 127. The third-order valence-corrected chi connectivity index (χ3v) is 3.37. The summed E-state index contributed by atoms with van der Waals surface area (Å²) in [5, 5.41) is 6.11. The number of nitrogens with two attached hydrogens (primary N) is 1. The van der Waals surface area contributed by atoms with Crippen LogP contribution in [0.25, 0.3) is 0 Å². The molecule has 17 heavy (non-hydrogen) atoms. The van der Waals surface area contributed by atoms with Crippen molar-refractivity contribution in [2.45, 2.75) is 12.8 Å². The van der Waals surface area contributed by atoms with Gasteiger partial charge in [0.2, 0.25) is 5.91 Å². The first-order valence-corrected chi connectivity index (χ1v) is 6.81. The highest BCUT2D eigenvalue weighted by Gasteiger charge is 2.28. The summed E-state index contributed by atoms with van der Waals surface area (Å²) >= 11 is 2.23. The number of amides is 1. The Hall–Kier alpha value is -0.980. The largest absolute Gasteiger partial charge is 0.397 e. The van der Waals surface area contributed by atoms with Crippen LogP contribution in [0.15, 0.2) is 18.2 Å². The van der Waals surface area contributed by atoms with Crippen molar-refractivity contribution in [3.05, 3.63) is 21.8 Å². The molecule has 1 aromatic carbocycles. The van der Waals surface area contributed by atoms with E-state index >= 15 is 0 Å². The number of anilines is 2. The molecule has 1 aliphatic rings. The van der Waals surface area contributed by atoms with Crippen LogP contribution < -0.4 is 16.4 Å². The van der Waals surface area contributed by atoms with Gasteiger partial charge in [-0.2, -0.15) is 0 Å². The van der Waals surface area contributed by atoms with Gasteiger partial charge in [0.15, 0.2) is 0 Å². The van der Waals surface area contributed by atoms with Crippen LogP contribution in [-0.2, 0) is 4.79 Å². The van der Waals surface area contributed by atoms with Gasteiger partial charge in [-0.25, -0.2) is 0 Å². The SMILES string of the molecule is Nc1cc(I)ccc1NCCNC(=O)C1CC1. The smallest absolute Gasteiger partial charge is 0.223 e. The third kappa shape index (κ3) is 3.76. The molecule has 92 valence electrons. The summed E-state index contributed by atoms with van der Waals surface area (Å²) in [7, 11) is 0. The second kappa shape index (κ2) is 5.57. The Morgan fingerprint density at radius 3 is 2.82 bits per heavy atom. The molecular formula is C12H16IN3O. The molecule has 0 unspecified atom stereocenters. The van der Waals surface area contributed by atoms with Crippen LogP contribution in [0.2, 0.25) is 0 Å². The van der Waals surface area contributed by atoms with Crippen molar-refractivity contribution in [1.82, 2.24) is 5.32 Å². The molecule has 1 fully saturated rings. The van der Waals surface area contributed by atoms with E-state index in [2.05, 4.69) is 33.2 Å². The maximum Gasteiger partial charge on any atom is 0.223 e. The van der Waals surface area contributed by atoms with Crippen molar-refractivity contribution in [2.75, 3.05) is 24.1 Å². The van der Waals surface area contributed by atoms with Crippen molar-refractivity contribution in [3.8, 4) is 0 Å². The van der Waals surface area contributed by atoms with Crippen LogP contribution in [0.4, 0.5) is 11.4 Å². The summed E-state index contributed by atoms with van der Waals surface area (Å²) in [6.45, 7) is 1.34. The molecule has 1 amide bonds. The molecule has 0 aliphatic heterocycles. The number of nitrogen functional groups attached to an aromatic ring is 1. The molecule has 0 radical (unpaired) electrons. The molecule has 0 heterocycles. The van der Waals surface area contributed by atoms with Crippen LogP contribution in [0, 0.1) is 9.49 Å². The van der Waals surface area contributed by atoms with E-state index in [-0.39, 0.29) is 11.8 Å². The Kier molecular flexibility index (Phi) is 4.09. The molecule has 0 atom stereocenters. The summed E-state index contributed by atoms with van der Waals surface area (Å²) in [6, 6.07) is 5.88. The minimum atomic E-state index is 0.183. The molecule has 4 nitrogen and oxygen atoms in total. The monoisotopic (exact) mass is 345 g/mol. The zero-order valence-corrected chi connectivity index (χ0v) is 11.7. The van der Waals surface area contributed by atoms with Crippen LogP contribution in [0.5, 0.6) is 0 Å². The molecular weight excluding hydrogens is 329 g/mol. The standard InChI is InChI=1S/C12H16IN3O/c13-9-3-4-11(10(14)7-9)15-5-6-16-12(17)8-1-2-8/h3-4,7-8,15H,1-2,5-6,14H2,(H,16,17). The number of carbonyl (C=O) groups is 1. The molecule has 0 bridgehead atoms. The first-order chi connectivity index (χ1) is 8.16. The molecule has 2 rings (SSSR count). The first kappa shape index (κ1) is 12.5. The molecule has 1 aliphatic carbocycles. The minimum Gasteiger partial charge on any atom is -0.397 e. The van der Waals surface area contributed by atoms with Crippen LogP contribution in [0.1, 0.15) is 12.8 Å². The Morgan fingerprint density at radius 2 is 2.18 bits per heavy atom. The summed E-state index contributed by atoms with van der Waals surface area (Å²) in [5.74, 6) is 0.459. The Labute approximate surface area is 114 Å². The lowest BCUT2D eigenvalue weighted by atomic mass is 10.2. The molecule has 1 aromatic rings. The van der Waals surface area contributed by atoms with Gasteiger partial charge in [-0.15, -0.1) is 0 Å². The van der Waals surface area contributed by atoms with Crippen molar-refractivity contribution < 1.29 is 4.79 Å². The molecule has 1 saturated carbocycles. The second-order valence-electron chi connectivity index (χ2n) is 4.22. The Morgan fingerprint density at radius 1 is 1.41 bits per heavy atom. The lowest BCUT2D eigenvalue weighted by molar-refractivity contribution is -0.122. The number of hydrogen-bond donors (Lipinski definition) is 3. The summed E-state index contributed by atoms with van der Waals surface area (Å²) in [4.78, 5) is 11.4. The van der Waals surface area contributed by atoms with Crippen LogP contribution >= 0.6 is 22.6 Å². The average Bonchev–Trinajstić information content (AvgIpc) is 3.10. The van der Waals surface area contributed by atoms with E-state index in [1.54, 1.807) is 0 Å². The third-order valence-electron chi connectivity index (χ3n) is 2.70. The Bertz CT molecular complexity index is 418. The van der Waals surface area contributed by atoms with E-state index in [1.165, 1.54) is 0 Å². The molecule has 0 aromatic heterocycles. The van der Waals surface area contributed by atoms with E-state index < -0.39 is 0 Å². The molecule has 5 heteroatoms. The molecule has 0 spiro atoms. The van der Waals surface area contributed by atoms with Gasteiger partial charge < -0.3 is 16.4 Å². The quantitative estimate of drug-likeness (QED) is 0.433. The predicted molar refractivity (Wildman–Crippen MR) is 77.8 cm³/mol. The van der Waals surface area contributed by atoms with Crippen LogP contribution in [0.3, 0.4) is 0 Å². The average molecular weight is 345 g/mol. The number of nitrogens with one attached hydrogen (secondary N) is 2. The predicted octanol–water partition coefficient (Wildman–Crippen LogP) is 1.81. The topological polar surface area (TPSA) is 67.2 Å². The van der Waals surface area contributed by atoms with Crippen molar-refractivity contribution >= 4 is 39.9 Å². The fourth-order valence-electron chi connectivity index (χ4n) is 1.57. The molecule has 0 saturated heterocycles. The number of benzene rings is 1. The number of halogens is 1. The maximum absolute atomic E-state index is 11.4. The number of carbonyl (C=O) groups excluding carboxylic acids is 1. The lowest BCUT2D eigenvalue weighted by Crippen LogP contribution is -2.29. The lowest BCUT2D eigenvalue weighted by Gasteiger charge is -2.10. The highest BCUT2D eigenvalue weighted by molar-refractivity contribution is 14.1. The van der Waals surface area contributed by atoms with Gasteiger partial charge in [0, 0.05) is 22.6 Å². The van der Waals surface area contributed by atoms with Crippen LogP contribution in [-0.4, -0.2) is 19.0 Å². The Balaban J connectivity index is 1.72. The van der Waals surface area contributed by atoms with E-state index in [0.29, 0.717) is 13.1 Å². The van der Waals surface area contributed by atoms with Crippen molar-refractivity contribution in [2.24, 2.45) is 5.92 Å². The minimum absolute atomic E-state index is 0.183. The van der Waals surface area contributed by atoms with Gasteiger partial charge in [-0.3, -0.25) is 4.79 Å². The van der Waals surface area contributed by atoms with Gasteiger partial charge in [0.1, 0.15) is 0 Å². The highest BCUT2D eigenvalue weighted by Crippen LogP contribution is 2.28. The van der Waals surface area contributed by atoms with Gasteiger partial charge in [0.25, 0.3) is 0 Å². The van der Waals surface area contributed by atoms with E-state index in [1.807, 2.05) is 18.2 Å². The van der Waals surface area contributed by atoms with Crippen molar-refractivity contribution in [1.29, 1.82) is 0 Å². The molecule has 4 N–H and O–H groups in total. The fraction of sp³-hybridized carbons (Fsp3) is 0.417. The fourth-order valence-corrected chi connectivity index (χ4v) is 2.08.